The van der Waals surface area contributed by atoms with Crippen LogP contribution in [0.2, 0.25) is 0 Å². The van der Waals surface area contributed by atoms with Gasteiger partial charge in [-0.2, -0.15) is 5.10 Å². The lowest BCUT2D eigenvalue weighted by Crippen LogP contribution is -2.10. The van der Waals surface area contributed by atoms with Crippen molar-refractivity contribution in [3.63, 3.8) is 0 Å². The fourth-order valence-corrected chi connectivity index (χ4v) is 2.10. The van der Waals surface area contributed by atoms with E-state index in [9.17, 15) is 0 Å². The van der Waals surface area contributed by atoms with Crippen LogP contribution in [-0.4, -0.2) is 29.3 Å². The van der Waals surface area contributed by atoms with Crippen molar-refractivity contribution in [2.24, 2.45) is 12.9 Å². The summed E-state index contributed by atoms with van der Waals surface area (Å²) in [5.74, 6) is 6.63. The summed E-state index contributed by atoms with van der Waals surface area (Å²) >= 11 is 0. The zero-order valence-corrected chi connectivity index (χ0v) is 11.9. The number of nitrogens with zero attached hydrogens (tertiary/aromatic N) is 6. The van der Waals surface area contributed by atoms with Crippen molar-refractivity contribution in [1.82, 2.24) is 29.3 Å². The van der Waals surface area contributed by atoms with Crippen molar-refractivity contribution >= 4 is 5.82 Å². The van der Waals surface area contributed by atoms with Crippen molar-refractivity contribution < 1.29 is 0 Å². The van der Waals surface area contributed by atoms with Gasteiger partial charge < -0.3 is 9.99 Å². The molecule has 3 aromatic rings. The van der Waals surface area contributed by atoms with Crippen molar-refractivity contribution in [3.05, 3.63) is 31.0 Å². The first-order valence-corrected chi connectivity index (χ1v) is 6.56. The maximum atomic E-state index is 5.51. The van der Waals surface area contributed by atoms with Crippen LogP contribution < -0.4 is 11.3 Å². The number of nitrogens with one attached hydrogen (secondary N) is 1. The van der Waals surface area contributed by atoms with Crippen molar-refractivity contribution in [3.8, 4) is 22.8 Å². The number of hydrogen-bond donors (Lipinski definition) is 2. The summed E-state index contributed by atoms with van der Waals surface area (Å²) in [4.78, 5) is 13.1. The van der Waals surface area contributed by atoms with E-state index >= 15 is 0 Å². The van der Waals surface area contributed by atoms with E-state index in [1.54, 1.807) is 29.5 Å². The number of nitrogens with two attached hydrogens (primary N) is 1. The first kappa shape index (κ1) is 13.3. The first-order chi connectivity index (χ1) is 10.2. The molecule has 8 heteroatoms. The highest BCUT2D eigenvalue weighted by atomic mass is 15.3. The zero-order chi connectivity index (χ0) is 14.8. The molecule has 0 unspecified atom stereocenters. The standard InChI is InChI=1S/C13H16N8/c1-3-21-8-15-6-11(21)13-17-10(4-12(18-13)19-14)9-5-16-20(2)7-9/h4-8H,3,14H2,1-2H3,(H,17,18,19). The molecular weight excluding hydrogens is 268 g/mol. The fourth-order valence-electron chi connectivity index (χ4n) is 2.10. The molecule has 0 amide bonds. The van der Waals surface area contributed by atoms with Gasteiger partial charge in [-0.05, 0) is 6.92 Å². The van der Waals surface area contributed by atoms with Crippen LogP contribution >= 0.6 is 0 Å². The Labute approximate surface area is 121 Å². The Morgan fingerprint density at radius 2 is 2.14 bits per heavy atom. The monoisotopic (exact) mass is 284 g/mol. The van der Waals surface area contributed by atoms with Gasteiger partial charge in [0.2, 0.25) is 0 Å². The highest BCUT2D eigenvalue weighted by molar-refractivity contribution is 5.65. The Morgan fingerprint density at radius 1 is 1.29 bits per heavy atom. The molecule has 108 valence electrons. The van der Waals surface area contributed by atoms with Crippen LogP contribution in [0.3, 0.4) is 0 Å². The zero-order valence-electron chi connectivity index (χ0n) is 11.9. The fraction of sp³-hybridized carbons (Fsp3) is 0.231. The number of hydrogen-bond acceptors (Lipinski definition) is 6. The maximum Gasteiger partial charge on any atom is 0.180 e. The van der Waals surface area contributed by atoms with E-state index in [1.807, 2.05) is 24.7 Å². The number of aromatic nitrogens is 6. The van der Waals surface area contributed by atoms with E-state index in [2.05, 4.69) is 25.5 Å². The number of imidazole rings is 1. The highest BCUT2D eigenvalue weighted by Gasteiger charge is 2.12. The molecule has 3 rings (SSSR count). The van der Waals surface area contributed by atoms with Gasteiger partial charge in [0.1, 0.15) is 11.5 Å². The van der Waals surface area contributed by atoms with E-state index in [0.717, 1.165) is 23.5 Å². The van der Waals surface area contributed by atoms with Crippen molar-refractivity contribution in [2.45, 2.75) is 13.5 Å². The van der Waals surface area contributed by atoms with Crippen molar-refractivity contribution in [1.29, 1.82) is 0 Å². The molecule has 21 heavy (non-hydrogen) atoms. The molecule has 3 heterocycles. The molecule has 0 aromatic carbocycles. The summed E-state index contributed by atoms with van der Waals surface area (Å²) < 4.78 is 3.70. The average molecular weight is 284 g/mol. The van der Waals surface area contributed by atoms with Gasteiger partial charge in [0.15, 0.2) is 5.82 Å². The van der Waals surface area contributed by atoms with E-state index in [-0.39, 0.29) is 0 Å². The number of rotatable bonds is 4. The van der Waals surface area contributed by atoms with Gasteiger partial charge in [-0.1, -0.05) is 0 Å². The molecule has 8 nitrogen and oxygen atoms in total. The minimum atomic E-state index is 0.544. The quantitative estimate of drug-likeness (QED) is 0.548. The molecule has 0 spiro atoms. The van der Waals surface area contributed by atoms with Gasteiger partial charge in [0, 0.05) is 31.4 Å². The van der Waals surface area contributed by atoms with Crippen molar-refractivity contribution in [2.75, 3.05) is 5.43 Å². The number of hydrazine groups is 1. The van der Waals surface area contributed by atoms with Crippen LogP contribution in [0.4, 0.5) is 5.82 Å². The van der Waals surface area contributed by atoms with Crippen LogP contribution in [0, 0.1) is 0 Å². The molecule has 0 atom stereocenters. The van der Waals surface area contributed by atoms with Crippen LogP contribution in [0.5, 0.6) is 0 Å². The SMILES string of the molecule is CCn1cncc1-c1nc(NN)cc(-c2cnn(C)c2)n1. The second-order valence-corrected chi connectivity index (χ2v) is 4.57. The highest BCUT2D eigenvalue weighted by Crippen LogP contribution is 2.23. The maximum absolute atomic E-state index is 5.51. The molecule has 3 aromatic heterocycles. The van der Waals surface area contributed by atoms with E-state index < -0.39 is 0 Å². The van der Waals surface area contributed by atoms with E-state index in [4.69, 9.17) is 5.84 Å². The van der Waals surface area contributed by atoms with Gasteiger partial charge in [0.25, 0.3) is 0 Å². The molecule has 0 fully saturated rings. The molecule has 0 radical (unpaired) electrons. The van der Waals surface area contributed by atoms with E-state index in [1.165, 1.54) is 0 Å². The predicted molar refractivity (Wildman–Crippen MR) is 78.9 cm³/mol. The lowest BCUT2D eigenvalue weighted by molar-refractivity contribution is 0.763. The topological polar surface area (TPSA) is 99.5 Å². The molecule has 0 bridgehead atoms. The second kappa shape index (κ2) is 5.33. The lowest BCUT2D eigenvalue weighted by atomic mass is 10.2. The van der Waals surface area contributed by atoms with Gasteiger partial charge in [-0.15, -0.1) is 0 Å². The smallest absolute Gasteiger partial charge is 0.180 e. The van der Waals surface area contributed by atoms with Crippen LogP contribution in [0.1, 0.15) is 6.92 Å². The summed E-state index contributed by atoms with van der Waals surface area (Å²) in [7, 11) is 1.86. The Hall–Kier alpha value is -2.74. The summed E-state index contributed by atoms with van der Waals surface area (Å²) in [6, 6.07) is 1.78. The Kier molecular flexibility index (Phi) is 3.36. The third kappa shape index (κ3) is 2.48. The number of aryl methyl sites for hydroxylation is 2. The van der Waals surface area contributed by atoms with Crippen LogP contribution in [-0.2, 0) is 13.6 Å². The van der Waals surface area contributed by atoms with Gasteiger partial charge in [-0.3, -0.25) is 4.68 Å². The number of anilines is 1. The van der Waals surface area contributed by atoms with Crippen LogP contribution in [0.15, 0.2) is 31.0 Å². The van der Waals surface area contributed by atoms with Gasteiger partial charge >= 0.3 is 0 Å². The molecule has 0 saturated heterocycles. The largest absolute Gasteiger partial charge is 0.328 e. The molecular formula is C13H16N8. The summed E-state index contributed by atoms with van der Waals surface area (Å²) in [5, 5.41) is 4.16. The van der Waals surface area contributed by atoms with E-state index in [0.29, 0.717) is 11.6 Å². The molecule has 0 saturated carbocycles. The molecule has 3 N–H and O–H groups in total. The first-order valence-electron chi connectivity index (χ1n) is 6.56. The van der Waals surface area contributed by atoms with Crippen LogP contribution in [0.25, 0.3) is 22.8 Å². The average Bonchev–Trinajstić information content (AvgIpc) is 3.15. The Balaban J connectivity index is 2.13. The van der Waals surface area contributed by atoms with Gasteiger partial charge in [-0.25, -0.2) is 20.8 Å². The minimum Gasteiger partial charge on any atom is -0.328 e. The Morgan fingerprint density at radius 3 is 2.81 bits per heavy atom. The summed E-state index contributed by atoms with van der Waals surface area (Å²) in [6.45, 7) is 2.83. The second-order valence-electron chi connectivity index (χ2n) is 4.57. The summed E-state index contributed by atoms with van der Waals surface area (Å²) in [5.41, 5.74) is 5.08. The molecule has 0 aliphatic heterocycles. The normalized spacial score (nSPS) is 10.8. The predicted octanol–water partition coefficient (Wildman–Crippen LogP) is 1.05. The van der Waals surface area contributed by atoms with Gasteiger partial charge in [0.05, 0.1) is 24.4 Å². The number of nitrogen functional groups attached to an aromatic ring is 1. The molecule has 0 aliphatic carbocycles. The third-order valence-corrected chi connectivity index (χ3v) is 3.16. The third-order valence-electron chi connectivity index (χ3n) is 3.16. The lowest BCUT2D eigenvalue weighted by Gasteiger charge is -2.08. The Bertz CT molecular complexity index is 757. The summed E-state index contributed by atoms with van der Waals surface area (Å²) in [6.07, 6.45) is 7.14. The molecule has 0 aliphatic rings. The minimum absolute atomic E-state index is 0.544.